The van der Waals surface area contributed by atoms with Crippen LogP contribution in [0.3, 0.4) is 0 Å². The van der Waals surface area contributed by atoms with Gasteiger partial charge < -0.3 is 0 Å². The first kappa shape index (κ1) is 11.3. The minimum atomic E-state index is -0.0544. The van der Waals surface area contributed by atoms with Crippen LogP contribution in [-0.2, 0) is 0 Å². The van der Waals surface area contributed by atoms with Gasteiger partial charge in [0.05, 0.1) is 0 Å². The van der Waals surface area contributed by atoms with Crippen LogP contribution < -0.4 is 10.9 Å². The van der Waals surface area contributed by atoms with Crippen molar-refractivity contribution in [3.8, 4) is 0 Å². The summed E-state index contributed by atoms with van der Waals surface area (Å²) in [5, 5.41) is 0. The molecule has 2 aromatic carbocycles. The Hall–Kier alpha value is -1.21. The van der Waals surface area contributed by atoms with Crippen molar-refractivity contribution in [1.82, 2.24) is 0 Å². The van der Waals surface area contributed by atoms with E-state index in [0.29, 0.717) is 0 Å². The first-order valence-corrected chi connectivity index (χ1v) is 5.87. The molecule has 0 N–H and O–H groups in total. The molecule has 16 heavy (non-hydrogen) atoms. The third kappa shape index (κ3) is 2.48. The van der Waals surface area contributed by atoms with Crippen LogP contribution >= 0.6 is 11.5 Å². The molecule has 0 aliphatic heterocycles. The van der Waals surface area contributed by atoms with Gasteiger partial charge in [0.25, 0.3) is 0 Å². The smallest absolute Gasteiger partial charge is 0.182 e. The lowest BCUT2D eigenvalue weighted by atomic mass is 9.62. The summed E-state index contributed by atoms with van der Waals surface area (Å²) in [5.41, 5.74) is 4.82. The largest absolute Gasteiger partial charge is 0.315 e. The SMILES string of the molecule is Cc1ccc(B(Cl)c2ccc(C)cc2)cc1. The van der Waals surface area contributed by atoms with Gasteiger partial charge in [-0.2, -0.15) is 11.5 Å². The summed E-state index contributed by atoms with van der Waals surface area (Å²) in [7, 11) is 0. The van der Waals surface area contributed by atoms with Gasteiger partial charge in [0.1, 0.15) is 0 Å². The molecule has 0 saturated heterocycles. The molecule has 2 rings (SSSR count). The molecule has 2 heteroatoms. The van der Waals surface area contributed by atoms with Crippen LogP contribution in [0.4, 0.5) is 0 Å². The summed E-state index contributed by atoms with van der Waals surface area (Å²) in [6.07, 6.45) is -0.0544. The van der Waals surface area contributed by atoms with E-state index in [1.54, 1.807) is 0 Å². The van der Waals surface area contributed by atoms with Crippen molar-refractivity contribution in [3.05, 3.63) is 59.7 Å². The van der Waals surface area contributed by atoms with Crippen molar-refractivity contribution in [1.29, 1.82) is 0 Å². The molecule has 0 amide bonds. The zero-order valence-corrected chi connectivity index (χ0v) is 10.3. The van der Waals surface area contributed by atoms with E-state index in [1.807, 2.05) is 0 Å². The summed E-state index contributed by atoms with van der Waals surface area (Å²) in [6, 6.07) is 16.7. The van der Waals surface area contributed by atoms with Gasteiger partial charge in [0.2, 0.25) is 0 Å². The summed E-state index contributed by atoms with van der Waals surface area (Å²) < 4.78 is 0. The van der Waals surface area contributed by atoms with Crippen LogP contribution in [0.15, 0.2) is 48.5 Å². The predicted molar refractivity (Wildman–Crippen MR) is 73.2 cm³/mol. The van der Waals surface area contributed by atoms with Crippen molar-refractivity contribution in [3.63, 3.8) is 0 Å². The molecule has 0 spiro atoms. The maximum Gasteiger partial charge on any atom is 0.315 e. The van der Waals surface area contributed by atoms with Crippen LogP contribution in [0.2, 0.25) is 0 Å². The molecule has 0 aromatic heterocycles. The zero-order valence-electron chi connectivity index (χ0n) is 9.57. The molecule has 0 radical (unpaired) electrons. The standard InChI is InChI=1S/C14H14BCl/c1-11-3-7-13(8-4-11)15(16)14-9-5-12(2)6-10-14/h3-10H,1-2H3. The molecule has 2 aromatic rings. The van der Waals surface area contributed by atoms with Crippen molar-refractivity contribution in [2.24, 2.45) is 0 Å². The minimum Gasteiger partial charge on any atom is -0.182 e. The second-order valence-electron chi connectivity index (χ2n) is 4.18. The first-order valence-electron chi connectivity index (χ1n) is 5.44. The summed E-state index contributed by atoms with van der Waals surface area (Å²) in [4.78, 5) is 0. The van der Waals surface area contributed by atoms with Crippen LogP contribution in [0, 0.1) is 13.8 Å². The fourth-order valence-electron chi connectivity index (χ4n) is 1.66. The van der Waals surface area contributed by atoms with E-state index in [-0.39, 0.29) is 6.13 Å². The highest BCUT2D eigenvalue weighted by Crippen LogP contribution is 2.00. The van der Waals surface area contributed by atoms with Crippen LogP contribution in [-0.4, -0.2) is 6.13 Å². The highest BCUT2D eigenvalue weighted by molar-refractivity contribution is 7.21. The molecular weight excluding hydrogens is 214 g/mol. The Labute approximate surface area is 102 Å². The fourth-order valence-corrected chi connectivity index (χ4v) is 1.95. The van der Waals surface area contributed by atoms with E-state index in [2.05, 4.69) is 62.4 Å². The van der Waals surface area contributed by atoms with Gasteiger partial charge >= 0.3 is 6.13 Å². The van der Waals surface area contributed by atoms with Gasteiger partial charge in [0, 0.05) is 0 Å². The minimum absolute atomic E-state index is 0.0544. The Kier molecular flexibility index (Phi) is 3.35. The predicted octanol–water partition coefficient (Wildman–Crippen LogP) is 2.65. The van der Waals surface area contributed by atoms with Crippen molar-refractivity contribution in [2.75, 3.05) is 0 Å². The Morgan fingerprint density at radius 2 is 1.00 bits per heavy atom. The molecule has 0 saturated carbocycles. The topological polar surface area (TPSA) is 0 Å². The van der Waals surface area contributed by atoms with E-state index >= 15 is 0 Å². The summed E-state index contributed by atoms with van der Waals surface area (Å²) >= 11 is 6.44. The third-order valence-corrected chi connectivity index (χ3v) is 3.24. The van der Waals surface area contributed by atoms with Crippen molar-refractivity contribution < 1.29 is 0 Å². The Bertz CT molecular complexity index is 414. The summed E-state index contributed by atoms with van der Waals surface area (Å²) in [6.45, 7) is 4.16. The Morgan fingerprint density at radius 3 is 1.31 bits per heavy atom. The van der Waals surface area contributed by atoms with E-state index < -0.39 is 0 Å². The normalized spacial score (nSPS) is 10.2. The molecule has 0 unspecified atom stereocenters. The average molecular weight is 229 g/mol. The molecule has 0 fully saturated rings. The monoisotopic (exact) mass is 228 g/mol. The van der Waals surface area contributed by atoms with Crippen LogP contribution in [0.1, 0.15) is 11.1 Å². The second-order valence-corrected chi connectivity index (χ2v) is 4.62. The molecule has 0 nitrogen and oxygen atoms in total. The quantitative estimate of drug-likeness (QED) is 0.693. The fraction of sp³-hybridized carbons (Fsp3) is 0.143. The molecule has 0 atom stereocenters. The Balaban J connectivity index is 2.28. The lowest BCUT2D eigenvalue weighted by Crippen LogP contribution is -2.36. The van der Waals surface area contributed by atoms with Gasteiger partial charge in [-0.25, -0.2) is 0 Å². The molecule has 0 aliphatic carbocycles. The second kappa shape index (κ2) is 4.75. The average Bonchev–Trinajstić information content (AvgIpc) is 2.30. The van der Waals surface area contributed by atoms with E-state index in [9.17, 15) is 0 Å². The Morgan fingerprint density at radius 1 is 0.688 bits per heavy atom. The molecule has 0 bridgehead atoms. The van der Waals surface area contributed by atoms with Gasteiger partial charge in [-0.05, 0) is 13.8 Å². The maximum atomic E-state index is 6.44. The number of aryl methyl sites for hydroxylation is 2. The molecule has 80 valence electrons. The maximum absolute atomic E-state index is 6.44. The lowest BCUT2D eigenvalue weighted by molar-refractivity contribution is 1.48. The van der Waals surface area contributed by atoms with Gasteiger partial charge in [-0.3, -0.25) is 0 Å². The molecule has 0 aliphatic rings. The van der Waals surface area contributed by atoms with Gasteiger partial charge in [-0.1, -0.05) is 70.6 Å². The lowest BCUT2D eigenvalue weighted by Gasteiger charge is -2.07. The van der Waals surface area contributed by atoms with E-state index in [4.69, 9.17) is 11.5 Å². The number of hydrogen-bond acceptors (Lipinski definition) is 0. The van der Waals surface area contributed by atoms with Crippen LogP contribution in [0.5, 0.6) is 0 Å². The van der Waals surface area contributed by atoms with E-state index in [0.717, 1.165) is 10.9 Å². The zero-order chi connectivity index (χ0) is 11.5. The first-order chi connectivity index (χ1) is 7.66. The number of benzene rings is 2. The van der Waals surface area contributed by atoms with E-state index in [1.165, 1.54) is 11.1 Å². The summed E-state index contributed by atoms with van der Waals surface area (Å²) in [5.74, 6) is 0. The third-order valence-electron chi connectivity index (χ3n) is 2.74. The van der Waals surface area contributed by atoms with Gasteiger partial charge in [0.15, 0.2) is 0 Å². The molecular formula is C14H14BCl. The highest BCUT2D eigenvalue weighted by Gasteiger charge is 2.15. The van der Waals surface area contributed by atoms with Gasteiger partial charge in [-0.15, -0.1) is 0 Å². The van der Waals surface area contributed by atoms with Crippen molar-refractivity contribution in [2.45, 2.75) is 13.8 Å². The number of rotatable bonds is 2. The number of halogens is 1. The molecule has 0 heterocycles. The number of hydrogen-bond donors (Lipinski definition) is 0. The van der Waals surface area contributed by atoms with Crippen molar-refractivity contribution >= 4 is 28.5 Å². The van der Waals surface area contributed by atoms with Crippen LogP contribution in [0.25, 0.3) is 0 Å². The highest BCUT2D eigenvalue weighted by atomic mass is 35.5.